The van der Waals surface area contributed by atoms with E-state index in [1.165, 1.54) is 41.5 Å². The van der Waals surface area contributed by atoms with Crippen molar-refractivity contribution >= 4 is 39.1 Å². The van der Waals surface area contributed by atoms with Crippen LogP contribution in [0.15, 0.2) is 9.95 Å². The molecule has 7 rings (SSSR count). The molecule has 2 aromatic heterocycles. The van der Waals surface area contributed by atoms with E-state index in [2.05, 4.69) is 0 Å². The molecule has 0 aromatic carbocycles. The Hall–Kier alpha value is -1.14. The van der Waals surface area contributed by atoms with Gasteiger partial charge in [-0.05, 0) is 88.0 Å². The van der Waals surface area contributed by atoms with Gasteiger partial charge in [0.05, 0.1) is 10.6 Å². The summed E-state index contributed by atoms with van der Waals surface area (Å²) >= 11 is 3.19. The van der Waals surface area contributed by atoms with E-state index in [9.17, 15) is 9.59 Å². The molecule has 0 amide bonds. The molecule has 0 aliphatic heterocycles. The Morgan fingerprint density at radius 3 is 2.48 bits per heavy atom. The van der Waals surface area contributed by atoms with Crippen molar-refractivity contribution in [3.05, 3.63) is 20.8 Å². The lowest BCUT2D eigenvalue weighted by molar-refractivity contribution is -0.142. The summed E-state index contributed by atoms with van der Waals surface area (Å²) in [7, 11) is 1.82. The second-order valence-corrected chi connectivity index (χ2v) is 12.5. The van der Waals surface area contributed by atoms with Gasteiger partial charge in [-0.1, -0.05) is 11.8 Å². The fourth-order valence-corrected chi connectivity index (χ4v) is 9.63. The SMILES string of the molecule is CC(Sc1nc2sc3c(c2c(=O)n1C)CCC3)C(=O)C12CC3CC(CC(C3)C1)C2. The summed E-state index contributed by atoms with van der Waals surface area (Å²) in [6.45, 7) is 2.04. The molecule has 0 N–H and O–H groups in total. The molecule has 4 bridgehead atoms. The number of thiophene rings is 1. The van der Waals surface area contributed by atoms with Crippen LogP contribution >= 0.6 is 23.1 Å². The van der Waals surface area contributed by atoms with E-state index < -0.39 is 0 Å². The third-order valence-electron chi connectivity index (χ3n) is 8.12. The van der Waals surface area contributed by atoms with Gasteiger partial charge in [-0.25, -0.2) is 4.98 Å². The fourth-order valence-electron chi connectivity index (χ4n) is 7.27. The minimum Gasteiger partial charge on any atom is -0.298 e. The van der Waals surface area contributed by atoms with Crippen LogP contribution in [-0.2, 0) is 24.7 Å². The molecule has 4 saturated carbocycles. The Bertz CT molecular complexity index is 1050. The number of nitrogens with zero attached hydrogens (tertiary/aromatic N) is 2. The maximum absolute atomic E-state index is 13.6. The van der Waals surface area contributed by atoms with Gasteiger partial charge in [-0.3, -0.25) is 14.2 Å². The number of hydrogen-bond donors (Lipinski definition) is 0. The van der Waals surface area contributed by atoms with E-state index in [0.717, 1.165) is 66.5 Å². The summed E-state index contributed by atoms with van der Waals surface area (Å²) in [4.78, 5) is 33.8. The second-order valence-electron chi connectivity index (χ2n) is 10.1. The zero-order valence-electron chi connectivity index (χ0n) is 17.2. The number of aryl methyl sites for hydroxylation is 2. The van der Waals surface area contributed by atoms with Gasteiger partial charge in [0.15, 0.2) is 10.9 Å². The third kappa shape index (κ3) is 2.74. The van der Waals surface area contributed by atoms with Crippen molar-refractivity contribution in [3.8, 4) is 0 Å². The highest BCUT2D eigenvalue weighted by molar-refractivity contribution is 8.00. The van der Waals surface area contributed by atoms with Crippen LogP contribution in [0.2, 0.25) is 0 Å². The molecule has 0 spiro atoms. The van der Waals surface area contributed by atoms with Gasteiger partial charge in [0.25, 0.3) is 5.56 Å². The Kier molecular flexibility index (Phi) is 4.13. The largest absolute Gasteiger partial charge is 0.298 e. The van der Waals surface area contributed by atoms with E-state index >= 15 is 0 Å². The van der Waals surface area contributed by atoms with Crippen LogP contribution in [0.4, 0.5) is 0 Å². The highest BCUT2D eigenvalue weighted by atomic mass is 32.2. The average molecular weight is 429 g/mol. The summed E-state index contributed by atoms with van der Waals surface area (Å²) in [5, 5.41) is 1.39. The van der Waals surface area contributed by atoms with Crippen molar-refractivity contribution < 1.29 is 4.79 Å². The van der Waals surface area contributed by atoms with E-state index in [1.54, 1.807) is 15.9 Å². The Morgan fingerprint density at radius 2 is 1.83 bits per heavy atom. The summed E-state index contributed by atoms with van der Waals surface area (Å²) < 4.78 is 1.68. The highest BCUT2D eigenvalue weighted by Crippen LogP contribution is 2.61. The number of aromatic nitrogens is 2. The van der Waals surface area contributed by atoms with Crippen LogP contribution in [0.25, 0.3) is 10.2 Å². The number of carbonyl (C=O) groups excluding carboxylic acids is 1. The predicted octanol–water partition coefficient (Wildman–Crippen LogP) is 4.75. The Balaban J connectivity index is 1.30. The molecule has 2 heterocycles. The zero-order valence-corrected chi connectivity index (χ0v) is 18.8. The first-order valence-corrected chi connectivity index (χ1v) is 12.9. The second kappa shape index (κ2) is 6.43. The molecule has 154 valence electrons. The standard InChI is InChI=1S/C23H28N2O2S2/c1-12(19(26)23-9-13-6-14(10-23)8-15(7-13)11-23)28-22-24-20-18(21(27)25(22)2)16-4-3-5-17(16)29-20/h12-15H,3-11H2,1-2H3. The molecule has 0 saturated heterocycles. The van der Waals surface area contributed by atoms with Gasteiger partial charge < -0.3 is 0 Å². The van der Waals surface area contributed by atoms with Gasteiger partial charge >= 0.3 is 0 Å². The minimum atomic E-state index is -0.145. The summed E-state index contributed by atoms with van der Waals surface area (Å²) in [5.74, 6) is 2.74. The highest BCUT2D eigenvalue weighted by Gasteiger charge is 2.55. The average Bonchev–Trinajstić information content (AvgIpc) is 3.24. The molecule has 1 atom stereocenters. The van der Waals surface area contributed by atoms with Crippen molar-refractivity contribution in [3.63, 3.8) is 0 Å². The number of rotatable bonds is 4. The smallest absolute Gasteiger partial charge is 0.262 e. The third-order valence-corrected chi connectivity index (χ3v) is 10.4. The molecule has 0 radical (unpaired) electrons. The lowest BCUT2D eigenvalue weighted by Crippen LogP contribution is -2.51. The summed E-state index contributed by atoms with van der Waals surface area (Å²) in [6.07, 6.45) is 10.6. The van der Waals surface area contributed by atoms with Crippen LogP contribution in [0, 0.1) is 23.2 Å². The van der Waals surface area contributed by atoms with Crippen molar-refractivity contribution in [2.45, 2.75) is 75.1 Å². The van der Waals surface area contributed by atoms with E-state index in [0.29, 0.717) is 10.9 Å². The number of carbonyl (C=O) groups is 1. The first kappa shape index (κ1) is 18.6. The zero-order chi connectivity index (χ0) is 19.9. The van der Waals surface area contributed by atoms with Gasteiger partial charge in [0.2, 0.25) is 0 Å². The normalized spacial score (nSPS) is 33.4. The van der Waals surface area contributed by atoms with Crippen molar-refractivity contribution in [1.29, 1.82) is 0 Å². The van der Waals surface area contributed by atoms with Crippen molar-refractivity contribution in [2.75, 3.05) is 0 Å². The van der Waals surface area contributed by atoms with Crippen LogP contribution < -0.4 is 5.56 Å². The van der Waals surface area contributed by atoms with Crippen LogP contribution in [0.5, 0.6) is 0 Å². The molecular formula is C23H28N2O2S2. The monoisotopic (exact) mass is 428 g/mol. The van der Waals surface area contributed by atoms with Gasteiger partial charge in [0, 0.05) is 17.3 Å². The Labute approximate surface area is 179 Å². The molecule has 4 fully saturated rings. The van der Waals surface area contributed by atoms with E-state index in [-0.39, 0.29) is 16.2 Å². The molecule has 5 aliphatic rings. The molecule has 5 aliphatic carbocycles. The quantitative estimate of drug-likeness (QED) is 0.521. The molecule has 1 unspecified atom stereocenters. The van der Waals surface area contributed by atoms with Crippen LogP contribution in [0.3, 0.4) is 0 Å². The van der Waals surface area contributed by atoms with E-state index in [1.807, 2.05) is 14.0 Å². The van der Waals surface area contributed by atoms with Gasteiger partial charge in [-0.2, -0.15) is 0 Å². The first-order chi connectivity index (χ1) is 13.9. The summed E-state index contributed by atoms with van der Waals surface area (Å²) in [6, 6.07) is 0. The molecular weight excluding hydrogens is 400 g/mol. The lowest BCUT2D eigenvalue weighted by atomic mass is 9.48. The predicted molar refractivity (Wildman–Crippen MR) is 118 cm³/mol. The Morgan fingerprint density at radius 1 is 1.17 bits per heavy atom. The maximum atomic E-state index is 13.6. The minimum absolute atomic E-state index is 0.0614. The fraction of sp³-hybridized carbons (Fsp3) is 0.696. The van der Waals surface area contributed by atoms with Gasteiger partial charge in [-0.15, -0.1) is 11.3 Å². The molecule has 2 aromatic rings. The number of hydrogen-bond acceptors (Lipinski definition) is 5. The topological polar surface area (TPSA) is 52.0 Å². The number of thioether (sulfide) groups is 1. The van der Waals surface area contributed by atoms with Gasteiger partial charge in [0.1, 0.15) is 4.83 Å². The molecule has 4 nitrogen and oxygen atoms in total. The first-order valence-electron chi connectivity index (χ1n) is 11.2. The molecule has 6 heteroatoms. The number of ketones is 1. The van der Waals surface area contributed by atoms with Crippen LogP contribution in [0.1, 0.15) is 62.3 Å². The lowest BCUT2D eigenvalue weighted by Gasteiger charge is -2.56. The van der Waals surface area contributed by atoms with Crippen LogP contribution in [-0.4, -0.2) is 20.6 Å². The van der Waals surface area contributed by atoms with Crippen molar-refractivity contribution in [2.24, 2.45) is 30.2 Å². The van der Waals surface area contributed by atoms with E-state index in [4.69, 9.17) is 4.98 Å². The number of fused-ring (bicyclic) bond motifs is 3. The molecule has 29 heavy (non-hydrogen) atoms. The summed E-state index contributed by atoms with van der Waals surface area (Å²) in [5.41, 5.74) is 1.20. The number of Topliss-reactive ketones (excluding diaryl/α,β-unsaturated/α-hetero) is 1. The van der Waals surface area contributed by atoms with Crippen molar-refractivity contribution in [1.82, 2.24) is 9.55 Å². The maximum Gasteiger partial charge on any atom is 0.262 e.